The third-order valence-corrected chi connectivity index (χ3v) is 2.80. The summed E-state index contributed by atoms with van der Waals surface area (Å²) < 4.78 is 6.23. The van der Waals surface area contributed by atoms with Crippen LogP contribution in [0.3, 0.4) is 0 Å². The van der Waals surface area contributed by atoms with Gasteiger partial charge in [0.25, 0.3) is 0 Å². The van der Waals surface area contributed by atoms with Gasteiger partial charge in [-0.3, -0.25) is 0 Å². The van der Waals surface area contributed by atoms with Crippen LogP contribution in [-0.4, -0.2) is 12.1 Å². The molecule has 0 spiro atoms. The van der Waals surface area contributed by atoms with Crippen LogP contribution in [0.2, 0.25) is 0 Å². The number of aromatic nitrogens is 1. The molecule has 0 radical (unpaired) electrons. The lowest BCUT2D eigenvalue weighted by Gasteiger charge is -2.06. The number of halogens is 1. The van der Waals surface area contributed by atoms with Gasteiger partial charge in [0, 0.05) is 9.86 Å². The lowest BCUT2D eigenvalue weighted by atomic mass is 10.2. The van der Waals surface area contributed by atoms with E-state index in [-0.39, 0.29) is 0 Å². The number of hydrogen-bond acceptors (Lipinski definition) is 2. The standard InChI is InChI=1S/C11H10BrNO/c1-7-10(14-2)6-8-4-3-5-9(12)11(8)13-7/h3-6H,1-2H3. The lowest BCUT2D eigenvalue weighted by molar-refractivity contribution is 0.410. The quantitative estimate of drug-likeness (QED) is 0.776. The van der Waals surface area contributed by atoms with E-state index in [4.69, 9.17) is 4.74 Å². The van der Waals surface area contributed by atoms with E-state index < -0.39 is 0 Å². The second-order valence-electron chi connectivity index (χ2n) is 3.09. The number of methoxy groups -OCH3 is 1. The fourth-order valence-electron chi connectivity index (χ4n) is 1.44. The zero-order chi connectivity index (χ0) is 10.1. The number of para-hydroxylation sites is 1. The van der Waals surface area contributed by atoms with Crippen LogP contribution in [0.5, 0.6) is 5.75 Å². The van der Waals surface area contributed by atoms with Gasteiger partial charge in [0.05, 0.1) is 18.3 Å². The van der Waals surface area contributed by atoms with Gasteiger partial charge in [-0.25, -0.2) is 4.98 Å². The minimum absolute atomic E-state index is 0.829. The van der Waals surface area contributed by atoms with Crippen molar-refractivity contribution in [3.8, 4) is 5.75 Å². The van der Waals surface area contributed by atoms with Crippen molar-refractivity contribution < 1.29 is 4.74 Å². The molecule has 0 N–H and O–H groups in total. The van der Waals surface area contributed by atoms with Gasteiger partial charge in [-0.15, -0.1) is 0 Å². The summed E-state index contributed by atoms with van der Waals surface area (Å²) in [4.78, 5) is 4.47. The summed E-state index contributed by atoms with van der Waals surface area (Å²) in [5.41, 5.74) is 1.89. The number of nitrogens with zero attached hydrogens (tertiary/aromatic N) is 1. The summed E-state index contributed by atoms with van der Waals surface area (Å²) in [6, 6.07) is 8.00. The average molecular weight is 252 g/mol. The first-order valence-electron chi connectivity index (χ1n) is 4.32. The molecular formula is C11H10BrNO. The summed E-state index contributed by atoms with van der Waals surface area (Å²) >= 11 is 3.47. The molecule has 14 heavy (non-hydrogen) atoms. The molecule has 0 atom stereocenters. The Morgan fingerprint density at radius 2 is 2.14 bits per heavy atom. The maximum Gasteiger partial charge on any atom is 0.140 e. The van der Waals surface area contributed by atoms with Crippen molar-refractivity contribution in [2.24, 2.45) is 0 Å². The van der Waals surface area contributed by atoms with Crippen molar-refractivity contribution in [3.05, 3.63) is 34.4 Å². The van der Waals surface area contributed by atoms with Crippen LogP contribution in [0.4, 0.5) is 0 Å². The Morgan fingerprint density at radius 3 is 2.86 bits per heavy atom. The van der Waals surface area contributed by atoms with Gasteiger partial charge in [0.1, 0.15) is 5.75 Å². The molecule has 1 aromatic carbocycles. The molecule has 72 valence electrons. The van der Waals surface area contributed by atoms with Gasteiger partial charge in [-0.1, -0.05) is 12.1 Å². The Kier molecular flexibility index (Phi) is 2.42. The molecule has 0 saturated carbocycles. The first-order valence-corrected chi connectivity index (χ1v) is 5.11. The highest BCUT2D eigenvalue weighted by molar-refractivity contribution is 9.10. The smallest absolute Gasteiger partial charge is 0.140 e. The molecular weight excluding hydrogens is 242 g/mol. The molecule has 1 heterocycles. The van der Waals surface area contributed by atoms with E-state index in [1.165, 1.54) is 0 Å². The van der Waals surface area contributed by atoms with Gasteiger partial charge >= 0.3 is 0 Å². The zero-order valence-corrected chi connectivity index (χ0v) is 9.63. The lowest BCUT2D eigenvalue weighted by Crippen LogP contribution is -1.91. The maximum absolute atomic E-state index is 5.22. The summed E-state index contributed by atoms with van der Waals surface area (Å²) in [5.74, 6) is 0.829. The molecule has 0 saturated heterocycles. The van der Waals surface area contributed by atoms with E-state index in [9.17, 15) is 0 Å². The molecule has 0 aliphatic rings. The number of pyridine rings is 1. The predicted molar refractivity (Wildman–Crippen MR) is 60.7 cm³/mol. The van der Waals surface area contributed by atoms with Crippen LogP contribution in [0, 0.1) is 6.92 Å². The van der Waals surface area contributed by atoms with E-state index in [0.717, 1.165) is 26.8 Å². The fourth-order valence-corrected chi connectivity index (χ4v) is 1.91. The highest BCUT2D eigenvalue weighted by Gasteiger charge is 2.04. The first-order chi connectivity index (χ1) is 6.72. The van der Waals surface area contributed by atoms with E-state index in [1.54, 1.807) is 7.11 Å². The number of hydrogen-bond donors (Lipinski definition) is 0. The summed E-state index contributed by atoms with van der Waals surface area (Å²) in [7, 11) is 1.66. The molecule has 2 nitrogen and oxygen atoms in total. The maximum atomic E-state index is 5.22. The van der Waals surface area contributed by atoms with Gasteiger partial charge < -0.3 is 4.74 Å². The number of rotatable bonds is 1. The van der Waals surface area contributed by atoms with Gasteiger partial charge in [0.15, 0.2) is 0 Å². The number of benzene rings is 1. The average Bonchev–Trinajstić information content (AvgIpc) is 2.19. The molecule has 0 unspecified atom stereocenters. The van der Waals surface area contributed by atoms with E-state index in [0.29, 0.717) is 0 Å². The largest absolute Gasteiger partial charge is 0.495 e. The first kappa shape index (κ1) is 9.46. The van der Waals surface area contributed by atoms with Gasteiger partial charge in [0.2, 0.25) is 0 Å². The Bertz CT molecular complexity index is 482. The summed E-state index contributed by atoms with van der Waals surface area (Å²) in [6.45, 7) is 1.94. The van der Waals surface area contributed by atoms with Crippen molar-refractivity contribution >= 4 is 26.8 Å². The molecule has 3 heteroatoms. The Labute approximate surface area is 91.0 Å². The predicted octanol–water partition coefficient (Wildman–Crippen LogP) is 3.31. The molecule has 0 fully saturated rings. The van der Waals surface area contributed by atoms with Gasteiger partial charge in [-0.2, -0.15) is 0 Å². The van der Waals surface area contributed by atoms with Crippen LogP contribution in [0.1, 0.15) is 5.69 Å². The van der Waals surface area contributed by atoms with Crippen LogP contribution in [0.25, 0.3) is 10.9 Å². The Morgan fingerprint density at radius 1 is 1.36 bits per heavy atom. The van der Waals surface area contributed by atoms with Crippen molar-refractivity contribution in [2.75, 3.05) is 7.11 Å². The third kappa shape index (κ3) is 1.48. The van der Waals surface area contributed by atoms with Crippen LogP contribution < -0.4 is 4.74 Å². The number of fused-ring (bicyclic) bond motifs is 1. The number of ether oxygens (including phenoxy) is 1. The van der Waals surface area contributed by atoms with Crippen LogP contribution in [-0.2, 0) is 0 Å². The molecule has 2 rings (SSSR count). The van der Waals surface area contributed by atoms with Crippen molar-refractivity contribution in [3.63, 3.8) is 0 Å². The van der Waals surface area contributed by atoms with Gasteiger partial charge in [-0.05, 0) is 35.0 Å². The molecule has 0 amide bonds. The van der Waals surface area contributed by atoms with Crippen LogP contribution >= 0.6 is 15.9 Å². The van der Waals surface area contributed by atoms with E-state index in [2.05, 4.69) is 20.9 Å². The third-order valence-electron chi connectivity index (χ3n) is 2.16. The molecule has 0 bridgehead atoms. The van der Waals surface area contributed by atoms with E-state index in [1.807, 2.05) is 31.2 Å². The molecule has 0 aliphatic carbocycles. The number of aryl methyl sites for hydroxylation is 1. The molecule has 0 aliphatic heterocycles. The minimum atomic E-state index is 0.829. The summed E-state index contributed by atoms with van der Waals surface area (Å²) in [6.07, 6.45) is 0. The summed E-state index contributed by atoms with van der Waals surface area (Å²) in [5, 5.41) is 1.09. The van der Waals surface area contributed by atoms with Crippen LogP contribution in [0.15, 0.2) is 28.7 Å². The van der Waals surface area contributed by atoms with Crippen molar-refractivity contribution in [1.29, 1.82) is 0 Å². The normalized spacial score (nSPS) is 10.5. The van der Waals surface area contributed by atoms with E-state index >= 15 is 0 Å². The fraction of sp³-hybridized carbons (Fsp3) is 0.182. The Balaban J connectivity index is 2.79. The zero-order valence-electron chi connectivity index (χ0n) is 8.04. The molecule has 1 aromatic heterocycles. The Hall–Kier alpha value is -1.09. The second kappa shape index (κ2) is 3.58. The SMILES string of the molecule is COc1cc2cccc(Br)c2nc1C. The molecule has 2 aromatic rings. The monoisotopic (exact) mass is 251 g/mol. The van der Waals surface area contributed by atoms with Crippen molar-refractivity contribution in [1.82, 2.24) is 4.98 Å². The van der Waals surface area contributed by atoms with Crippen molar-refractivity contribution in [2.45, 2.75) is 6.92 Å². The topological polar surface area (TPSA) is 22.1 Å². The highest BCUT2D eigenvalue weighted by atomic mass is 79.9. The second-order valence-corrected chi connectivity index (χ2v) is 3.94. The minimum Gasteiger partial charge on any atom is -0.495 e. The highest BCUT2D eigenvalue weighted by Crippen LogP contribution is 2.26.